The van der Waals surface area contributed by atoms with Crippen LogP contribution in [-0.2, 0) is 4.74 Å². The van der Waals surface area contributed by atoms with Gasteiger partial charge in [0.15, 0.2) is 0 Å². The quantitative estimate of drug-likeness (QED) is 0.321. The summed E-state index contributed by atoms with van der Waals surface area (Å²) in [5.74, 6) is 1.98. The van der Waals surface area contributed by atoms with E-state index in [1.54, 1.807) is 0 Å². The zero-order valence-electron chi connectivity index (χ0n) is 22.5. The minimum atomic E-state index is -0.931. The van der Waals surface area contributed by atoms with Crippen molar-refractivity contribution >= 4 is 0 Å². The van der Waals surface area contributed by atoms with Crippen molar-refractivity contribution in [2.75, 3.05) is 13.2 Å². The lowest BCUT2D eigenvalue weighted by molar-refractivity contribution is -0.0968. The first-order valence-electron chi connectivity index (χ1n) is 13.9. The maximum atomic E-state index is 10.7. The molecule has 0 aliphatic heterocycles. The molecule has 4 N–H and O–H groups in total. The Balaban J connectivity index is 1.67. The molecule has 0 spiro atoms. The van der Waals surface area contributed by atoms with E-state index in [9.17, 15) is 15.3 Å². The zero-order chi connectivity index (χ0) is 25.8. The molecule has 0 amide bonds. The SMILES string of the molecule is C=C1/C(=C\C=C2/CCC[C@]3(C)[C@@H]([C@@H](C)CCCC(C)(C)O)CC[C@@H]23)C[C@@H](O)[C@@H](OCCCO)[C@@H]1O. The van der Waals surface area contributed by atoms with E-state index in [1.165, 1.54) is 37.7 Å². The highest BCUT2D eigenvalue weighted by atomic mass is 16.5. The van der Waals surface area contributed by atoms with Crippen molar-refractivity contribution < 1.29 is 25.2 Å². The van der Waals surface area contributed by atoms with E-state index in [0.29, 0.717) is 42.3 Å². The van der Waals surface area contributed by atoms with Gasteiger partial charge in [-0.2, -0.15) is 0 Å². The van der Waals surface area contributed by atoms with Crippen molar-refractivity contribution in [1.29, 1.82) is 0 Å². The molecular weight excluding hydrogens is 440 g/mol. The number of rotatable bonds is 10. The topological polar surface area (TPSA) is 90.2 Å². The average Bonchev–Trinajstić information content (AvgIpc) is 3.14. The van der Waals surface area contributed by atoms with Crippen molar-refractivity contribution in [3.8, 4) is 0 Å². The van der Waals surface area contributed by atoms with E-state index in [1.807, 2.05) is 13.8 Å². The molecular formula is C30H50O5. The predicted octanol–water partition coefficient (Wildman–Crippen LogP) is 5.08. The summed E-state index contributed by atoms with van der Waals surface area (Å²) in [5.41, 5.74) is 2.79. The first-order chi connectivity index (χ1) is 16.5. The van der Waals surface area contributed by atoms with E-state index >= 15 is 0 Å². The van der Waals surface area contributed by atoms with Gasteiger partial charge in [-0.05, 0) is 93.1 Å². The highest BCUT2D eigenvalue weighted by Crippen LogP contribution is 2.60. The molecule has 0 saturated heterocycles. The van der Waals surface area contributed by atoms with Crippen LogP contribution in [0.25, 0.3) is 0 Å². The summed E-state index contributed by atoms with van der Waals surface area (Å²) in [6.07, 6.45) is 12.1. The first-order valence-corrected chi connectivity index (χ1v) is 13.9. The van der Waals surface area contributed by atoms with Crippen LogP contribution >= 0.6 is 0 Å². The molecule has 7 atom stereocenters. The molecule has 3 aliphatic rings. The molecule has 0 aromatic rings. The fourth-order valence-corrected chi connectivity index (χ4v) is 7.21. The highest BCUT2D eigenvalue weighted by Gasteiger charge is 2.50. The van der Waals surface area contributed by atoms with Crippen LogP contribution in [0.3, 0.4) is 0 Å². The zero-order valence-corrected chi connectivity index (χ0v) is 22.5. The van der Waals surface area contributed by atoms with Crippen LogP contribution in [0.15, 0.2) is 35.5 Å². The Morgan fingerprint density at radius 3 is 2.63 bits per heavy atom. The summed E-state index contributed by atoms with van der Waals surface area (Å²) in [6, 6.07) is 0. The summed E-state index contributed by atoms with van der Waals surface area (Å²) in [4.78, 5) is 0. The van der Waals surface area contributed by atoms with Crippen LogP contribution in [0.1, 0.15) is 91.9 Å². The van der Waals surface area contributed by atoms with Gasteiger partial charge in [0.25, 0.3) is 0 Å². The van der Waals surface area contributed by atoms with Crippen molar-refractivity contribution in [3.63, 3.8) is 0 Å². The minimum Gasteiger partial charge on any atom is -0.396 e. The maximum absolute atomic E-state index is 10.7. The third kappa shape index (κ3) is 6.87. The van der Waals surface area contributed by atoms with E-state index < -0.39 is 23.9 Å². The lowest BCUT2D eigenvalue weighted by atomic mass is 9.60. The number of fused-ring (bicyclic) bond motifs is 1. The summed E-state index contributed by atoms with van der Waals surface area (Å²) in [6.45, 7) is 13.2. The van der Waals surface area contributed by atoms with Gasteiger partial charge in [0.05, 0.1) is 11.7 Å². The Labute approximate surface area is 213 Å². The third-order valence-electron chi connectivity index (χ3n) is 9.17. The van der Waals surface area contributed by atoms with Crippen LogP contribution < -0.4 is 0 Å². The fraction of sp³-hybridized carbons (Fsp3) is 0.800. The van der Waals surface area contributed by atoms with Gasteiger partial charge in [-0.3, -0.25) is 0 Å². The number of allylic oxidation sites excluding steroid dienone is 3. The van der Waals surface area contributed by atoms with Gasteiger partial charge in [0, 0.05) is 19.6 Å². The van der Waals surface area contributed by atoms with Gasteiger partial charge in [0.1, 0.15) is 12.2 Å². The van der Waals surface area contributed by atoms with Gasteiger partial charge in [0.2, 0.25) is 0 Å². The second-order valence-corrected chi connectivity index (χ2v) is 12.4. The Bertz CT molecular complexity index is 778. The smallest absolute Gasteiger partial charge is 0.114 e. The number of hydrogen-bond acceptors (Lipinski definition) is 5. The van der Waals surface area contributed by atoms with Crippen LogP contribution in [0.5, 0.6) is 0 Å². The van der Waals surface area contributed by atoms with Crippen LogP contribution in [0, 0.1) is 23.2 Å². The summed E-state index contributed by atoms with van der Waals surface area (Å²) in [7, 11) is 0. The van der Waals surface area contributed by atoms with Gasteiger partial charge in [-0.15, -0.1) is 0 Å². The van der Waals surface area contributed by atoms with E-state index in [-0.39, 0.29) is 6.61 Å². The molecule has 0 unspecified atom stereocenters. The predicted molar refractivity (Wildman–Crippen MR) is 141 cm³/mol. The Kier molecular flexibility index (Phi) is 9.84. The van der Waals surface area contributed by atoms with Crippen molar-refractivity contribution in [3.05, 3.63) is 35.5 Å². The van der Waals surface area contributed by atoms with Crippen LogP contribution in [-0.4, -0.2) is 57.6 Å². The number of hydrogen-bond donors (Lipinski definition) is 4. The Morgan fingerprint density at radius 1 is 1.20 bits per heavy atom. The van der Waals surface area contributed by atoms with E-state index in [2.05, 4.69) is 32.6 Å². The van der Waals surface area contributed by atoms with Gasteiger partial charge in [-0.1, -0.05) is 51.0 Å². The molecule has 3 rings (SSSR count). The summed E-state index contributed by atoms with van der Waals surface area (Å²) >= 11 is 0. The molecule has 0 radical (unpaired) electrons. The summed E-state index contributed by atoms with van der Waals surface area (Å²) in [5, 5.41) is 40.4. The molecule has 3 fully saturated rings. The second-order valence-electron chi connectivity index (χ2n) is 12.4. The molecule has 5 heteroatoms. The molecule has 3 saturated carbocycles. The highest BCUT2D eigenvalue weighted by molar-refractivity contribution is 5.40. The monoisotopic (exact) mass is 490 g/mol. The van der Waals surface area contributed by atoms with Crippen LogP contribution in [0.4, 0.5) is 0 Å². The Morgan fingerprint density at radius 2 is 1.94 bits per heavy atom. The van der Waals surface area contributed by atoms with Crippen molar-refractivity contribution in [2.24, 2.45) is 23.2 Å². The lowest BCUT2D eigenvalue weighted by Crippen LogP contribution is -2.45. The molecule has 0 bridgehead atoms. The lowest BCUT2D eigenvalue weighted by Gasteiger charge is -2.44. The standard InChI is InChI=1S/C30H50O5/c1-20(9-6-15-29(3,4)34)24-13-14-25-22(10-7-16-30(24,25)5)11-12-23-19-26(32)28(27(33)21(23)2)35-18-8-17-31/h11-12,20,24-28,31-34H,2,6-10,13-19H2,1,3-5H3/b22-11+,23-12-/t20-,24+,25-,26+,27+,28+,30+/m0/s1. The molecule has 35 heavy (non-hydrogen) atoms. The van der Waals surface area contributed by atoms with Gasteiger partial charge < -0.3 is 25.2 Å². The van der Waals surface area contributed by atoms with Gasteiger partial charge in [-0.25, -0.2) is 0 Å². The fourth-order valence-electron chi connectivity index (χ4n) is 7.21. The molecule has 0 aromatic carbocycles. The maximum Gasteiger partial charge on any atom is 0.114 e. The number of aliphatic hydroxyl groups is 4. The summed E-state index contributed by atoms with van der Waals surface area (Å²) < 4.78 is 5.63. The van der Waals surface area contributed by atoms with E-state index in [4.69, 9.17) is 9.84 Å². The minimum absolute atomic E-state index is 0.0269. The third-order valence-corrected chi connectivity index (χ3v) is 9.17. The normalized spacial score (nSPS) is 37.1. The number of ether oxygens (including phenoxy) is 1. The van der Waals surface area contributed by atoms with E-state index in [0.717, 1.165) is 30.8 Å². The van der Waals surface area contributed by atoms with Crippen molar-refractivity contribution in [2.45, 2.75) is 116 Å². The average molecular weight is 491 g/mol. The van der Waals surface area contributed by atoms with Crippen molar-refractivity contribution in [1.82, 2.24) is 0 Å². The molecule has 0 heterocycles. The second kappa shape index (κ2) is 12.0. The molecule has 5 nitrogen and oxygen atoms in total. The molecule has 3 aliphatic carbocycles. The Hall–Kier alpha value is -0.980. The first kappa shape index (κ1) is 28.6. The largest absolute Gasteiger partial charge is 0.396 e. The molecule has 200 valence electrons. The van der Waals surface area contributed by atoms with Gasteiger partial charge >= 0.3 is 0 Å². The number of aliphatic hydroxyl groups excluding tert-OH is 3. The van der Waals surface area contributed by atoms with Crippen LogP contribution in [0.2, 0.25) is 0 Å². The molecule has 0 aromatic heterocycles.